The van der Waals surface area contributed by atoms with Crippen molar-refractivity contribution in [3.8, 4) is 17.2 Å². The zero-order valence-electron chi connectivity index (χ0n) is 19.0. The molecule has 3 aromatic carbocycles. The Bertz CT molecular complexity index is 1200. The molecule has 1 aliphatic rings. The lowest BCUT2D eigenvalue weighted by atomic mass is 10.1. The number of hydrogen-bond donors (Lipinski definition) is 0. The Balaban J connectivity index is 1.62. The number of methoxy groups -OCH3 is 1. The quantitative estimate of drug-likeness (QED) is 0.443. The molecule has 1 amide bonds. The summed E-state index contributed by atoms with van der Waals surface area (Å²) in [6.07, 6.45) is 3.80. The van der Waals surface area contributed by atoms with E-state index >= 15 is 0 Å². The standard InChI is InChI=1S/C27H25NO6/c1-3-32-27(30)20-10-13-22(14-11-20)28(16-6-8-19-7-4-5-9-23(19)31-2)26(29)21-12-15-24-25(17-21)34-18-33-24/h4-15,17H,3,16,18H2,1-2H3/b8-6+. The summed E-state index contributed by atoms with van der Waals surface area (Å²) >= 11 is 0. The number of esters is 1. The van der Waals surface area contributed by atoms with Crippen LogP contribution in [-0.4, -0.2) is 38.9 Å². The zero-order valence-corrected chi connectivity index (χ0v) is 19.0. The molecule has 0 radical (unpaired) electrons. The van der Waals surface area contributed by atoms with Crippen LogP contribution in [0, 0.1) is 0 Å². The van der Waals surface area contributed by atoms with Gasteiger partial charge in [-0.2, -0.15) is 0 Å². The number of carbonyl (C=O) groups excluding carboxylic acids is 2. The number of ether oxygens (including phenoxy) is 4. The molecule has 174 valence electrons. The van der Waals surface area contributed by atoms with E-state index in [1.165, 1.54) is 0 Å². The number of fused-ring (bicyclic) bond motifs is 1. The van der Waals surface area contributed by atoms with Crippen LogP contribution in [0.3, 0.4) is 0 Å². The van der Waals surface area contributed by atoms with Crippen LogP contribution in [0.4, 0.5) is 5.69 Å². The molecule has 0 aliphatic carbocycles. The van der Waals surface area contributed by atoms with Crippen LogP contribution in [0.25, 0.3) is 6.08 Å². The normalized spacial score (nSPS) is 11.9. The van der Waals surface area contributed by atoms with Gasteiger partial charge in [0, 0.05) is 23.4 Å². The van der Waals surface area contributed by atoms with Gasteiger partial charge in [0.1, 0.15) is 5.75 Å². The Hall–Kier alpha value is -4.26. The van der Waals surface area contributed by atoms with Gasteiger partial charge in [-0.1, -0.05) is 30.4 Å². The smallest absolute Gasteiger partial charge is 0.338 e. The second-order valence-corrected chi connectivity index (χ2v) is 7.40. The van der Waals surface area contributed by atoms with Gasteiger partial charge in [-0.25, -0.2) is 4.79 Å². The van der Waals surface area contributed by atoms with E-state index in [2.05, 4.69) is 0 Å². The van der Waals surface area contributed by atoms with Gasteiger partial charge in [0.25, 0.3) is 5.91 Å². The minimum atomic E-state index is -0.404. The molecule has 3 aromatic rings. The number of benzene rings is 3. The Kier molecular flexibility index (Phi) is 7.13. The lowest BCUT2D eigenvalue weighted by molar-refractivity contribution is 0.0526. The van der Waals surface area contributed by atoms with Gasteiger partial charge in [0.2, 0.25) is 6.79 Å². The molecule has 0 atom stereocenters. The van der Waals surface area contributed by atoms with E-state index in [0.29, 0.717) is 41.5 Å². The average Bonchev–Trinajstić information content (AvgIpc) is 3.35. The average molecular weight is 459 g/mol. The fraction of sp³-hybridized carbons (Fsp3) is 0.185. The van der Waals surface area contributed by atoms with E-state index < -0.39 is 5.97 Å². The maximum absolute atomic E-state index is 13.5. The topological polar surface area (TPSA) is 74.3 Å². The number of amides is 1. The van der Waals surface area contributed by atoms with E-state index in [-0.39, 0.29) is 12.7 Å². The fourth-order valence-electron chi connectivity index (χ4n) is 3.57. The van der Waals surface area contributed by atoms with Crippen molar-refractivity contribution < 1.29 is 28.5 Å². The predicted octanol–water partition coefficient (Wildman–Crippen LogP) is 4.96. The van der Waals surface area contributed by atoms with Crippen LogP contribution in [0.1, 0.15) is 33.2 Å². The van der Waals surface area contributed by atoms with Gasteiger partial charge in [-0.05, 0) is 55.5 Å². The van der Waals surface area contributed by atoms with Crippen molar-refractivity contribution in [2.45, 2.75) is 6.92 Å². The SMILES string of the molecule is CCOC(=O)c1ccc(N(C/C=C/c2ccccc2OC)C(=O)c2ccc3c(c2)OCO3)cc1. The first-order valence-corrected chi connectivity index (χ1v) is 10.9. The van der Waals surface area contributed by atoms with E-state index in [0.717, 1.165) is 11.3 Å². The summed E-state index contributed by atoms with van der Waals surface area (Å²) in [4.78, 5) is 27.2. The van der Waals surface area contributed by atoms with Crippen molar-refractivity contribution in [2.75, 3.05) is 32.0 Å². The fourth-order valence-corrected chi connectivity index (χ4v) is 3.57. The second-order valence-electron chi connectivity index (χ2n) is 7.40. The van der Waals surface area contributed by atoms with Crippen molar-refractivity contribution in [3.63, 3.8) is 0 Å². The number of para-hydroxylation sites is 1. The molecule has 0 bridgehead atoms. The van der Waals surface area contributed by atoms with Crippen molar-refractivity contribution >= 4 is 23.6 Å². The molecule has 0 spiro atoms. The number of rotatable bonds is 8. The lowest BCUT2D eigenvalue weighted by Gasteiger charge is -2.22. The van der Waals surface area contributed by atoms with Crippen molar-refractivity contribution in [1.82, 2.24) is 0 Å². The highest BCUT2D eigenvalue weighted by Gasteiger charge is 2.21. The van der Waals surface area contributed by atoms with Crippen molar-refractivity contribution in [1.29, 1.82) is 0 Å². The van der Waals surface area contributed by atoms with E-state index in [1.54, 1.807) is 61.4 Å². The molecule has 7 heteroatoms. The summed E-state index contributed by atoms with van der Waals surface area (Å²) < 4.78 is 21.2. The number of anilines is 1. The van der Waals surface area contributed by atoms with Crippen LogP contribution in [-0.2, 0) is 4.74 Å². The molecule has 1 heterocycles. The second kappa shape index (κ2) is 10.6. The highest BCUT2D eigenvalue weighted by atomic mass is 16.7. The molecule has 1 aliphatic heterocycles. The number of nitrogens with zero attached hydrogens (tertiary/aromatic N) is 1. The lowest BCUT2D eigenvalue weighted by Crippen LogP contribution is -2.31. The van der Waals surface area contributed by atoms with Gasteiger partial charge in [0.15, 0.2) is 11.5 Å². The minimum absolute atomic E-state index is 0.133. The van der Waals surface area contributed by atoms with Crippen LogP contribution in [0.2, 0.25) is 0 Å². The van der Waals surface area contributed by atoms with Crippen LogP contribution in [0.15, 0.2) is 72.8 Å². The third-order valence-electron chi connectivity index (χ3n) is 5.28. The molecular formula is C27H25NO6. The van der Waals surface area contributed by atoms with Crippen molar-refractivity contribution in [3.05, 3.63) is 89.5 Å². The summed E-state index contributed by atoms with van der Waals surface area (Å²) in [6.45, 7) is 2.48. The molecule has 0 N–H and O–H groups in total. The van der Waals surface area contributed by atoms with Crippen LogP contribution >= 0.6 is 0 Å². The third-order valence-corrected chi connectivity index (χ3v) is 5.28. The largest absolute Gasteiger partial charge is 0.496 e. The maximum Gasteiger partial charge on any atom is 0.338 e. The number of carbonyl (C=O) groups is 2. The zero-order chi connectivity index (χ0) is 23.9. The summed E-state index contributed by atoms with van der Waals surface area (Å²) in [5.74, 6) is 1.27. The van der Waals surface area contributed by atoms with Gasteiger partial charge >= 0.3 is 5.97 Å². The van der Waals surface area contributed by atoms with Gasteiger partial charge in [0.05, 0.1) is 19.3 Å². The summed E-state index contributed by atoms with van der Waals surface area (Å²) in [6, 6.07) is 19.5. The minimum Gasteiger partial charge on any atom is -0.496 e. The van der Waals surface area contributed by atoms with Gasteiger partial charge in [-0.15, -0.1) is 0 Å². The summed E-state index contributed by atoms with van der Waals surface area (Å²) in [5.41, 5.74) is 2.42. The third kappa shape index (κ3) is 5.04. The van der Waals surface area contributed by atoms with Gasteiger partial charge in [-0.3, -0.25) is 4.79 Å². The molecule has 0 fully saturated rings. The molecule has 0 aromatic heterocycles. The summed E-state index contributed by atoms with van der Waals surface area (Å²) in [5, 5.41) is 0. The summed E-state index contributed by atoms with van der Waals surface area (Å²) in [7, 11) is 1.62. The molecule has 4 rings (SSSR count). The Labute approximate surface area is 198 Å². The predicted molar refractivity (Wildman–Crippen MR) is 129 cm³/mol. The highest BCUT2D eigenvalue weighted by molar-refractivity contribution is 6.07. The maximum atomic E-state index is 13.5. The van der Waals surface area contributed by atoms with Crippen LogP contribution in [0.5, 0.6) is 17.2 Å². The Morgan fingerprint density at radius 2 is 1.71 bits per heavy atom. The molecule has 0 saturated heterocycles. The van der Waals surface area contributed by atoms with E-state index in [9.17, 15) is 9.59 Å². The molecule has 0 saturated carbocycles. The molecule has 34 heavy (non-hydrogen) atoms. The molecule has 7 nitrogen and oxygen atoms in total. The number of hydrogen-bond acceptors (Lipinski definition) is 6. The first kappa shape index (κ1) is 22.9. The molecular weight excluding hydrogens is 434 g/mol. The first-order chi connectivity index (χ1) is 16.6. The van der Waals surface area contributed by atoms with E-state index in [1.807, 2.05) is 36.4 Å². The first-order valence-electron chi connectivity index (χ1n) is 10.9. The van der Waals surface area contributed by atoms with E-state index in [4.69, 9.17) is 18.9 Å². The van der Waals surface area contributed by atoms with Crippen LogP contribution < -0.4 is 19.1 Å². The van der Waals surface area contributed by atoms with Gasteiger partial charge < -0.3 is 23.8 Å². The molecule has 0 unspecified atom stereocenters. The Morgan fingerprint density at radius 3 is 2.47 bits per heavy atom. The highest BCUT2D eigenvalue weighted by Crippen LogP contribution is 2.33. The van der Waals surface area contributed by atoms with Crippen molar-refractivity contribution in [2.24, 2.45) is 0 Å². The Morgan fingerprint density at radius 1 is 0.971 bits per heavy atom. The monoisotopic (exact) mass is 459 g/mol.